The molecule has 0 saturated carbocycles. The fourth-order valence-electron chi connectivity index (χ4n) is 2.74. The van der Waals surface area contributed by atoms with E-state index < -0.39 is 10.0 Å². The summed E-state index contributed by atoms with van der Waals surface area (Å²) >= 11 is 0. The molecule has 2 N–H and O–H groups in total. The third kappa shape index (κ3) is 4.82. The van der Waals surface area contributed by atoms with E-state index in [1.807, 2.05) is 48.5 Å². The Labute approximate surface area is 159 Å². The minimum Gasteiger partial charge on any atom is -0.356 e. The highest BCUT2D eigenvalue weighted by Crippen LogP contribution is 2.21. The summed E-state index contributed by atoms with van der Waals surface area (Å²) in [6.45, 7) is 0.942. The van der Waals surface area contributed by atoms with Crippen molar-refractivity contribution in [3.8, 4) is 0 Å². The van der Waals surface area contributed by atoms with Crippen LogP contribution in [0.2, 0.25) is 0 Å². The van der Waals surface area contributed by atoms with Gasteiger partial charge in [-0.2, -0.15) is 4.31 Å². The molecule has 140 valence electrons. The van der Waals surface area contributed by atoms with Crippen molar-refractivity contribution in [2.45, 2.75) is 12.2 Å². The molecule has 0 fully saturated rings. The zero-order valence-corrected chi connectivity index (χ0v) is 15.9. The van der Waals surface area contributed by atoms with Gasteiger partial charge in [-0.05, 0) is 24.1 Å². The van der Waals surface area contributed by atoms with E-state index in [1.165, 1.54) is 4.31 Å². The molecule has 3 rings (SSSR count). The molecule has 1 aromatic heterocycles. The number of hydrogen-bond donors (Lipinski definition) is 1. The van der Waals surface area contributed by atoms with Gasteiger partial charge in [0.15, 0.2) is 5.58 Å². The number of sulfonamides is 1. The first-order valence-electron chi connectivity index (χ1n) is 8.15. The molecule has 8 heteroatoms. The van der Waals surface area contributed by atoms with E-state index in [9.17, 15) is 8.42 Å². The van der Waals surface area contributed by atoms with Crippen LogP contribution in [0.3, 0.4) is 0 Å². The topological polar surface area (TPSA) is 89.4 Å². The van der Waals surface area contributed by atoms with Gasteiger partial charge in [0.25, 0.3) is 0 Å². The first kappa shape index (κ1) is 20.4. The van der Waals surface area contributed by atoms with E-state index in [2.05, 4.69) is 5.16 Å². The molecular formula is C18H22ClN3O3S. The van der Waals surface area contributed by atoms with Gasteiger partial charge in [-0.25, -0.2) is 8.42 Å². The second kappa shape index (κ2) is 9.14. The van der Waals surface area contributed by atoms with Crippen LogP contribution in [0.25, 0.3) is 11.0 Å². The molecule has 1 heterocycles. The number of benzene rings is 2. The van der Waals surface area contributed by atoms with E-state index in [-0.39, 0.29) is 31.2 Å². The molecule has 0 spiro atoms. The smallest absolute Gasteiger partial charge is 0.220 e. The van der Waals surface area contributed by atoms with Crippen molar-refractivity contribution in [3.63, 3.8) is 0 Å². The van der Waals surface area contributed by atoms with Crippen molar-refractivity contribution < 1.29 is 12.9 Å². The van der Waals surface area contributed by atoms with E-state index in [1.54, 1.807) is 6.07 Å². The monoisotopic (exact) mass is 395 g/mol. The van der Waals surface area contributed by atoms with Crippen LogP contribution in [0.1, 0.15) is 11.3 Å². The summed E-state index contributed by atoms with van der Waals surface area (Å²) in [5.41, 5.74) is 7.72. The number of fused-ring (bicyclic) bond motifs is 1. The van der Waals surface area contributed by atoms with E-state index >= 15 is 0 Å². The lowest BCUT2D eigenvalue weighted by Crippen LogP contribution is -2.37. The average molecular weight is 396 g/mol. The highest BCUT2D eigenvalue weighted by molar-refractivity contribution is 7.88. The van der Waals surface area contributed by atoms with Crippen molar-refractivity contribution in [2.24, 2.45) is 5.73 Å². The minimum absolute atomic E-state index is 0. The van der Waals surface area contributed by atoms with Gasteiger partial charge in [0, 0.05) is 25.0 Å². The maximum Gasteiger partial charge on any atom is 0.220 e. The van der Waals surface area contributed by atoms with Crippen molar-refractivity contribution >= 4 is 33.4 Å². The molecule has 0 atom stereocenters. The SMILES string of the molecule is Cl.NCCN(CCc1ccccc1)S(=O)(=O)Cc1noc2ccccc12. The number of rotatable bonds is 8. The van der Waals surface area contributed by atoms with Gasteiger partial charge >= 0.3 is 0 Å². The summed E-state index contributed by atoms with van der Waals surface area (Å²) in [5, 5.41) is 4.65. The van der Waals surface area contributed by atoms with Crippen LogP contribution >= 0.6 is 12.4 Å². The molecule has 3 aromatic rings. The fraction of sp³-hybridized carbons (Fsp3) is 0.278. The third-order valence-corrected chi connectivity index (χ3v) is 5.83. The van der Waals surface area contributed by atoms with E-state index in [4.69, 9.17) is 10.3 Å². The van der Waals surface area contributed by atoms with Crippen LogP contribution in [0, 0.1) is 0 Å². The molecule has 26 heavy (non-hydrogen) atoms. The molecule has 0 aliphatic heterocycles. The zero-order chi connectivity index (χ0) is 17.7. The fourth-order valence-corrected chi connectivity index (χ4v) is 4.23. The zero-order valence-electron chi connectivity index (χ0n) is 14.2. The minimum atomic E-state index is -3.54. The Morgan fingerprint density at radius 1 is 1.00 bits per heavy atom. The van der Waals surface area contributed by atoms with Crippen LogP contribution in [-0.2, 0) is 22.2 Å². The van der Waals surface area contributed by atoms with E-state index in [0.717, 1.165) is 10.9 Å². The van der Waals surface area contributed by atoms with Gasteiger partial charge in [0.2, 0.25) is 10.0 Å². The summed E-state index contributed by atoms with van der Waals surface area (Å²) in [7, 11) is -3.54. The molecule has 0 aliphatic carbocycles. The van der Waals surface area contributed by atoms with Gasteiger partial charge in [-0.3, -0.25) is 0 Å². The summed E-state index contributed by atoms with van der Waals surface area (Å²) in [5.74, 6) is -0.196. The summed E-state index contributed by atoms with van der Waals surface area (Å²) < 4.78 is 32.3. The Bertz CT molecular complexity index is 929. The second-order valence-corrected chi connectivity index (χ2v) is 7.77. The number of nitrogens with zero attached hydrogens (tertiary/aromatic N) is 2. The Morgan fingerprint density at radius 3 is 2.42 bits per heavy atom. The number of hydrogen-bond acceptors (Lipinski definition) is 5. The molecule has 2 aromatic carbocycles. The van der Waals surface area contributed by atoms with Crippen molar-refractivity contribution in [1.82, 2.24) is 9.46 Å². The largest absolute Gasteiger partial charge is 0.356 e. The quantitative estimate of drug-likeness (QED) is 0.633. The van der Waals surface area contributed by atoms with E-state index in [0.29, 0.717) is 24.2 Å². The predicted molar refractivity (Wildman–Crippen MR) is 105 cm³/mol. The first-order valence-corrected chi connectivity index (χ1v) is 9.76. The van der Waals surface area contributed by atoms with Crippen LogP contribution in [-0.4, -0.2) is 37.5 Å². The molecule has 0 saturated heterocycles. The van der Waals surface area contributed by atoms with Gasteiger partial charge in [-0.1, -0.05) is 47.6 Å². The number of para-hydroxylation sites is 1. The van der Waals surface area contributed by atoms with Gasteiger partial charge in [0.1, 0.15) is 11.4 Å². The highest BCUT2D eigenvalue weighted by Gasteiger charge is 2.24. The lowest BCUT2D eigenvalue weighted by atomic mass is 10.1. The Morgan fingerprint density at radius 2 is 1.69 bits per heavy atom. The van der Waals surface area contributed by atoms with Crippen LogP contribution in [0.4, 0.5) is 0 Å². The first-order chi connectivity index (χ1) is 12.1. The highest BCUT2D eigenvalue weighted by atomic mass is 35.5. The van der Waals surface area contributed by atoms with Crippen LogP contribution < -0.4 is 5.73 Å². The Balaban J connectivity index is 0.00000243. The number of halogens is 1. The second-order valence-electron chi connectivity index (χ2n) is 5.80. The molecule has 0 bridgehead atoms. The van der Waals surface area contributed by atoms with Gasteiger partial charge in [-0.15, -0.1) is 12.4 Å². The van der Waals surface area contributed by atoms with Crippen molar-refractivity contribution in [1.29, 1.82) is 0 Å². The Hall–Kier alpha value is -1.93. The van der Waals surface area contributed by atoms with Crippen LogP contribution in [0.15, 0.2) is 59.1 Å². The molecule has 6 nitrogen and oxygen atoms in total. The molecule has 0 aliphatic rings. The van der Waals surface area contributed by atoms with Crippen LogP contribution in [0.5, 0.6) is 0 Å². The van der Waals surface area contributed by atoms with Crippen molar-refractivity contribution in [3.05, 3.63) is 65.9 Å². The Kier molecular flexibility index (Phi) is 7.16. The van der Waals surface area contributed by atoms with Crippen molar-refractivity contribution in [2.75, 3.05) is 19.6 Å². The standard InChI is InChI=1S/C18H21N3O3S.ClH/c19-11-13-21(12-10-15-6-2-1-3-7-15)25(22,23)14-17-16-8-4-5-9-18(16)24-20-17;/h1-9H,10-14,19H2;1H. The van der Waals surface area contributed by atoms with Gasteiger partial charge in [0.05, 0.1) is 0 Å². The summed E-state index contributed by atoms with van der Waals surface area (Å²) in [4.78, 5) is 0. The lowest BCUT2D eigenvalue weighted by molar-refractivity contribution is 0.417. The summed E-state index contributed by atoms with van der Waals surface area (Å²) in [6, 6.07) is 17.0. The molecule has 0 amide bonds. The molecule has 0 unspecified atom stereocenters. The summed E-state index contributed by atoms with van der Waals surface area (Å²) in [6.07, 6.45) is 0.639. The normalized spacial score (nSPS) is 11.6. The number of nitrogens with two attached hydrogens (primary N) is 1. The maximum absolute atomic E-state index is 12.8. The predicted octanol–water partition coefficient (Wildman–Crippen LogP) is 2.58. The maximum atomic E-state index is 12.8. The third-order valence-electron chi connectivity index (χ3n) is 4.04. The molecular weight excluding hydrogens is 374 g/mol. The van der Waals surface area contributed by atoms with Gasteiger partial charge < -0.3 is 10.3 Å². The average Bonchev–Trinajstić information content (AvgIpc) is 3.02. The lowest BCUT2D eigenvalue weighted by Gasteiger charge is -2.21. The molecule has 0 radical (unpaired) electrons. The number of aromatic nitrogens is 1.